The Labute approximate surface area is 174 Å². The van der Waals surface area contributed by atoms with E-state index < -0.39 is 0 Å². The Morgan fingerprint density at radius 1 is 1.21 bits per heavy atom. The molecule has 1 aromatic heterocycles. The number of hydrogen-bond donors (Lipinski definition) is 1. The summed E-state index contributed by atoms with van der Waals surface area (Å²) in [5, 5.41) is 13.1. The van der Waals surface area contributed by atoms with Crippen LogP contribution in [0.2, 0.25) is 5.02 Å². The molecule has 0 spiro atoms. The molecule has 5 nitrogen and oxygen atoms in total. The monoisotopic (exact) mass is 414 g/mol. The number of hydrogen-bond acceptors (Lipinski definition) is 4. The minimum absolute atomic E-state index is 0.0550. The minimum Gasteiger partial charge on any atom is -0.349 e. The Bertz CT molecular complexity index is 973. The number of carbonyl (C=O) groups excluding carboxylic acids is 1. The van der Waals surface area contributed by atoms with Gasteiger partial charge in [-0.15, -0.1) is 10.2 Å². The fourth-order valence-electron chi connectivity index (χ4n) is 2.98. The first-order chi connectivity index (χ1) is 13.5. The van der Waals surface area contributed by atoms with E-state index in [2.05, 4.69) is 35.4 Å². The van der Waals surface area contributed by atoms with Gasteiger partial charge in [-0.2, -0.15) is 0 Å². The van der Waals surface area contributed by atoms with Crippen LogP contribution in [0.3, 0.4) is 0 Å². The molecule has 0 bridgehead atoms. The van der Waals surface area contributed by atoms with Crippen LogP contribution in [-0.4, -0.2) is 26.4 Å². The standard InChI is InChI=1S/C21H23ClN4OS/c1-4-26-20(18-11-6-5-8-14(18)2)24-25-21(26)28-13-19(27)23-15(3)16-9-7-10-17(22)12-16/h5-12,15H,4,13H2,1-3H3,(H,23,27)/t15-/m0/s1. The number of halogens is 1. The molecule has 0 saturated carbocycles. The number of benzene rings is 2. The second kappa shape index (κ2) is 9.26. The maximum Gasteiger partial charge on any atom is 0.230 e. The first-order valence-corrected chi connectivity index (χ1v) is 10.5. The third kappa shape index (κ3) is 4.75. The van der Waals surface area contributed by atoms with Gasteiger partial charge in [0.2, 0.25) is 5.91 Å². The molecule has 0 fully saturated rings. The molecule has 1 N–H and O–H groups in total. The van der Waals surface area contributed by atoms with E-state index in [4.69, 9.17) is 11.6 Å². The highest BCUT2D eigenvalue weighted by atomic mass is 35.5. The number of amides is 1. The van der Waals surface area contributed by atoms with Gasteiger partial charge in [-0.1, -0.05) is 59.8 Å². The lowest BCUT2D eigenvalue weighted by Gasteiger charge is -2.14. The number of thioether (sulfide) groups is 1. The van der Waals surface area contributed by atoms with Crippen molar-refractivity contribution in [1.82, 2.24) is 20.1 Å². The molecule has 146 valence electrons. The van der Waals surface area contributed by atoms with Gasteiger partial charge in [-0.25, -0.2) is 0 Å². The molecule has 0 aliphatic rings. The van der Waals surface area contributed by atoms with Crippen molar-refractivity contribution in [2.24, 2.45) is 0 Å². The fraction of sp³-hybridized carbons (Fsp3) is 0.286. The molecule has 1 atom stereocenters. The number of aryl methyl sites for hydroxylation is 1. The number of rotatable bonds is 7. The Morgan fingerprint density at radius 3 is 2.71 bits per heavy atom. The van der Waals surface area contributed by atoms with Crippen molar-refractivity contribution >= 4 is 29.3 Å². The van der Waals surface area contributed by atoms with Crippen molar-refractivity contribution in [2.75, 3.05) is 5.75 Å². The van der Waals surface area contributed by atoms with E-state index in [9.17, 15) is 4.79 Å². The number of nitrogens with zero attached hydrogens (tertiary/aromatic N) is 3. The summed E-state index contributed by atoms with van der Waals surface area (Å²) < 4.78 is 2.04. The number of nitrogens with one attached hydrogen (secondary N) is 1. The van der Waals surface area contributed by atoms with Gasteiger partial charge in [0, 0.05) is 17.1 Å². The molecule has 28 heavy (non-hydrogen) atoms. The van der Waals surface area contributed by atoms with Gasteiger partial charge in [-0.3, -0.25) is 4.79 Å². The highest BCUT2D eigenvalue weighted by Gasteiger charge is 2.16. The van der Waals surface area contributed by atoms with Gasteiger partial charge in [0.15, 0.2) is 11.0 Å². The third-order valence-electron chi connectivity index (χ3n) is 4.48. The van der Waals surface area contributed by atoms with Gasteiger partial charge in [0.25, 0.3) is 0 Å². The molecule has 2 aromatic carbocycles. The highest BCUT2D eigenvalue weighted by molar-refractivity contribution is 7.99. The summed E-state index contributed by atoms with van der Waals surface area (Å²) in [6.45, 7) is 6.79. The molecule has 1 heterocycles. The van der Waals surface area contributed by atoms with Crippen LogP contribution in [0, 0.1) is 6.92 Å². The zero-order chi connectivity index (χ0) is 20.1. The predicted molar refractivity (Wildman–Crippen MR) is 115 cm³/mol. The second-order valence-corrected chi connectivity index (χ2v) is 7.88. The zero-order valence-corrected chi connectivity index (χ0v) is 17.7. The Balaban J connectivity index is 1.66. The van der Waals surface area contributed by atoms with Crippen LogP contribution in [-0.2, 0) is 11.3 Å². The van der Waals surface area contributed by atoms with Crippen LogP contribution < -0.4 is 5.32 Å². The number of aromatic nitrogens is 3. The third-order valence-corrected chi connectivity index (χ3v) is 5.68. The molecular weight excluding hydrogens is 392 g/mol. The van der Waals surface area contributed by atoms with Crippen molar-refractivity contribution in [3.63, 3.8) is 0 Å². The summed E-state index contributed by atoms with van der Waals surface area (Å²) in [6, 6.07) is 15.5. The minimum atomic E-state index is -0.113. The summed E-state index contributed by atoms with van der Waals surface area (Å²) in [5.74, 6) is 1.05. The lowest BCUT2D eigenvalue weighted by Crippen LogP contribution is -2.28. The van der Waals surface area contributed by atoms with Crippen molar-refractivity contribution in [3.8, 4) is 11.4 Å². The Hall–Kier alpha value is -2.31. The van der Waals surface area contributed by atoms with Gasteiger partial charge in [0.05, 0.1) is 11.8 Å². The number of carbonyl (C=O) groups is 1. The maximum absolute atomic E-state index is 12.4. The van der Waals surface area contributed by atoms with Crippen LogP contribution in [0.25, 0.3) is 11.4 Å². The van der Waals surface area contributed by atoms with E-state index in [0.717, 1.165) is 34.2 Å². The van der Waals surface area contributed by atoms with E-state index in [1.165, 1.54) is 11.8 Å². The van der Waals surface area contributed by atoms with E-state index in [0.29, 0.717) is 5.02 Å². The lowest BCUT2D eigenvalue weighted by atomic mass is 10.1. The smallest absolute Gasteiger partial charge is 0.230 e. The SMILES string of the molecule is CCn1c(SCC(=O)N[C@@H](C)c2cccc(Cl)c2)nnc1-c1ccccc1C. The maximum atomic E-state index is 12.4. The Morgan fingerprint density at radius 2 is 2.00 bits per heavy atom. The van der Waals surface area contributed by atoms with Gasteiger partial charge < -0.3 is 9.88 Å². The van der Waals surface area contributed by atoms with E-state index >= 15 is 0 Å². The molecule has 0 radical (unpaired) electrons. The average molecular weight is 415 g/mol. The highest BCUT2D eigenvalue weighted by Crippen LogP contribution is 2.26. The first kappa shape index (κ1) is 20.4. The van der Waals surface area contributed by atoms with Gasteiger partial charge in [0.1, 0.15) is 0 Å². The van der Waals surface area contributed by atoms with Crippen molar-refractivity contribution in [3.05, 3.63) is 64.7 Å². The van der Waals surface area contributed by atoms with Crippen molar-refractivity contribution in [1.29, 1.82) is 0 Å². The van der Waals surface area contributed by atoms with Crippen molar-refractivity contribution < 1.29 is 4.79 Å². The summed E-state index contributed by atoms with van der Waals surface area (Å²) in [6.07, 6.45) is 0. The largest absolute Gasteiger partial charge is 0.349 e. The van der Waals surface area contributed by atoms with E-state index in [-0.39, 0.29) is 17.7 Å². The summed E-state index contributed by atoms with van der Waals surface area (Å²) in [7, 11) is 0. The lowest BCUT2D eigenvalue weighted by molar-refractivity contribution is -0.119. The van der Waals surface area contributed by atoms with Crippen LogP contribution in [0.15, 0.2) is 53.7 Å². The van der Waals surface area contributed by atoms with E-state index in [1.807, 2.05) is 54.0 Å². The fourth-order valence-corrected chi connectivity index (χ4v) is 3.99. The quantitative estimate of drug-likeness (QED) is 0.559. The van der Waals surface area contributed by atoms with Crippen molar-refractivity contribution in [2.45, 2.75) is 38.5 Å². The topological polar surface area (TPSA) is 59.8 Å². The molecule has 3 aromatic rings. The molecule has 3 rings (SSSR count). The molecule has 0 unspecified atom stereocenters. The van der Waals surface area contributed by atoms with Crippen LogP contribution in [0.5, 0.6) is 0 Å². The van der Waals surface area contributed by atoms with Gasteiger partial charge in [-0.05, 0) is 44.0 Å². The summed E-state index contributed by atoms with van der Waals surface area (Å²) in [4.78, 5) is 12.4. The molecule has 0 saturated heterocycles. The van der Waals surface area contributed by atoms with E-state index in [1.54, 1.807) is 0 Å². The Kier molecular flexibility index (Phi) is 6.75. The average Bonchev–Trinajstić information content (AvgIpc) is 3.09. The van der Waals surface area contributed by atoms with Crippen LogP contribution in [0.4, 0.5) is 0 Å². The molecule has 7 heteroatoms. The zero-order valence-electron chi connectivity index (χ0n) is 16.1. The normalized spacial score (nSPS) is 12.0. The summed E-state index contributed by atoms with van der Waals surface area (Å²) >= 11 is 7.42. The van der Waals surface area contributed by atoms with Crippen LogP contribution >= 0.6 is 23.4 Å². The van der Waals surface area contributed by atoms with Crippen LogP contribution in [0.1, 0.15) is 31.0 Å². The summed E-state index contributed by atoms with van der Waals surface area (Å²) in [5.41, 5.74) is 3.18. The molecular formula is C21H23ClN4OS. The second-order valence-electron chi connectivity index (χ2n) is 6.50. The molecule has 1 amide bonds. The predicted octanol–water partition coefficient (Wildman–Crippen LogP) is 4.90. The van der Waals surface area contributed by atoms with Gasteiger partial charge >= 0.3 is 0 Å². The molecule has 0 aliphatic heterocycles. The first-order valence-electron chi connectivity index (χ1n) is 9.16. The molecule has 0 aliphatic carbocycles.